The van der Waals surface area contributed by atoms with Crippen LogP contribution in [0.2, 0.25) is 5.15 Å². The number of hydrogen-bond donors (Lipinski definition) is 0. The van der Waals surface area contributed by atoms with E-state index in [-0.39, 0.29) is 0 Å². The summed E-state index contributed by atoms with van der Waals surface area (Å²) >= 11 is 11.2. The van der Waals surface area contributed by atoms with Crippen LogP contribution in [-0.4, -0.2) is 9.97 Å². The van der Waals surface area contributed by atoms with Gasteiger partial charge >= 0.3 is 0 Å². The van der Waals surface area contributed by atoms with Gasteiger partial charge in [0, 0.05) is 20.8 Å². The van der Waals surface area contributed by atoms with Gasteiger partial charge in [0.05, 0.1) is 5.52 Å². The molecule has 0 radical (unpaired) electrons. The number of rotatable bonds is 1. The maximum Gasteiger partial charge on any atom is 0.162 e. The Labute approximate surface area is 115 Å². The lowest BCUT2D eigenvalue weighted by molar-refractivity contribution is 1.23. The molecule has 0 saturated carbocycles. The van der Waals surface area contributed by atoms with Crippen LogP contribution >= 0.6 is 38.9 Å². The molecule has 17 heavy (non-hydrogen) atoms. The molecular formula is C12H6BrClN2S. The molecular weight excluding hydrogens is 320 g/mol. The largest absolute Gasteiger partial charge is 0.228 e. The zero-order chi connectivity index (χ0) is 11.8. The highest BCUT2D eigenvalue weighted by Crippen LogP contribution is 2.27. The minimum Gasteiger partial charge on any atom is -0.228 e. The highest BCUT2D eigenvalue weighted by Gasteiger charge is 2.08. The van der Waals surface area contributed by atoms with Crippen molar-refractivity contribution >= 4 is 49.8 Å². The van der Waals surface area contributed by atoms with Crippen molar-refractivity contribution in [3.63, 3.8) is 0 Å². The number of halogens is 2. The van der Waals surface area contributed by atoms with E-state index in [1.807, 2.05) is 35.0 Å². The van der Waals surface area contributed by atoms with E-state index >= 15 is 0 Å². The van der Waals surface area contributed by atoms with Gasteiger partial charge in [0.1, 0.15) is 5.15 Å². The molecule has 84 valence electrons. The number of benzene rings is 1. The standard InChI is InChI=1S/C12H6BrClN2S/c13-8-1-2-10-9(5-8)11(14)16-12(15-10)7-3-4-17-6-7/h1-6H. The molecule has 0 N–H and O–H groups in total. The molecule has 5 heteroatoms. The highest BCUT2D eigenvalue weighted by atomic mass is 79.9. The second kappa shape index (κ2) is 4.37. The van der Waals surface area contributed by atoms with Gasteiger partial charge in [-0.1, -0.05) is 27.5 Å². The van der Waals surface area contributed by atoms with Crippen molar-refractivity contribution in [1.82, 2.24) is 9.97 Å². The van der Waals surface area contributed by atoms with Gasteiger partial charge in [-0.15, -0.1) is 0 Å². The molecule has 3 rings (SSSR count). The first kappa shape index (κ1) is 11.1. The first-order chi connectivity index (χ1) is 8.24. The third-order valence-electron chi connectivity index (χ3n) is 2.39. The predicted octanol–water partition coefficient (Wildman–Crippen LogP) is 4.77. The molecule has 0 spiro atoms. The third kappa shape index (κ3) is 2.08. The van der Waals surface area contributed by atoms with Crippen molar-refractivity contribution in [2.75, 3.05) is 0 Å². The molecule has 0 aliphatic carbocycles. The Kier molecular flexibility index (Phi) is 2.86. The van der Waals surface area contributed by atoms with Crippen LogP contribution < -0.4 is 0 Å². The quantitative estimate of drug-likeness (QED) is 0.602. The summed E-state index contributed by atoms with van der Waals surface area (Å²) in [5.74, 6) is 0.672. The number of aromatic nitrogens is 2. The topological polar surface area (TPSA) is 25.8 Å². The molecule has 0 aliphatic heterocycles. The van der Waals surface area contributed by atoms with Crippen LogP contribution in [0.5, 0.6) is 0 Å². The highest BCUT2D eigenvalue weighted by molar-refractivity contribution is 9.10. The van der Waals surface area contributed by atoms with E-state index in [0.717, 1.165) is 20.9 Å². The van der Waals surface area contributed by atoms with Crippen LogP contribution in [0.3, 0.4) is 0 Å². The minimum atomic E-state index is 0.484. The molecule has 0 aliphatic rings. The lowest BCUT2D eigenvalue weighted by Gasteiger charge is -2.03. The molecule has 0 unspecified atom stereocenters. The fourth-order valence-corrected chi connectivity index (χ4v) is 2.81. The second-order valence-electron chi connectivity index (χ2n) is 3.51. The number of nitrogens with zero attached hydrogens (tertiary/aromatic N) is 2. The zero-order valence-corrected chi connectivity index (χ0v) is 11.7. The summed E-state index contributed by atoms with van der Waals surface area (Å²) in [6.45, 7) is 0. The van der Waals surface area contributed by atoms with Crippen molar-refractivity contribution in [2.24, 2.45) is 0 Å². The lowest BCUT2D eigenvalue weighted by atomic mass is 10.2. The predicted molar refractivity (Wildman–Crippen MR) is 75.6 cm³/mol. The Hall–Kier alpha value is -0.970. The SMILES string of the molecule is Clc1nc(-c2ccsc2)nc2ccc(Br)cc12. The van der Waals surface area contributed by atoms with E-state index in [4.69, 9.17) is 11.6 Å². The van der Waals surface area contributed by atoms with Crippen molar-refractivity contribution in [3.8, 4) is 11.4 Å². The van der Waals surface area contributed by atoms with E-state index in [1.165, 1.54) is 0 Å². The number of hydrogen-bond acceptors (Lipinski definition) is 3. The van der Waals surface area contributed by atoms with Crippen LogP contribution in [0.4, 0.5) is 0 Å². The summed E-state index contributed by atoms with van der Waals surface area (Å²) in [6, 6.07) is 7.79. The summed E-state index contributed by atoms with van der Waals surface area (Å²) in [6.07, 6.45) is 0. The van der Waals surface area contributed by atoms with Crippen molar-refractivity contribution in [2.45, 2.75) is 0 Å². The average Bonchev–Trinajstić information content (AvgIpc) is 2.83. The van der Waals surface area contributed by atoms with Crippen LogP contribution in [0.25, 0.3) is 22.3 Å². The maximum absolute atomic E-state index is 6.18. The third-order valence-corrected chi connectivity index (χ3v) is 3.86. The van der Waals surface area contributed by atoms with Gasteiger partial charge in [0.2, 0.25) is 0 Å². The van der Waals surface area contributed by atoms with Gasteiger partial charge in [0.15, 0.2) is 5.82 Å². The summed E-state index contributed by atoms with van der Waals surface area (Å²) in [7, 11) is 0. The smallest absolute Gasteiger partial charge is 0.162 e. The summed E-state index contributed by atoms with van der Waals surface area (Å²) in [4.78, 5) is 8.83. The molecule has 2 aromatic heterocycles. The van der Waals surface area contributed by atoms with Gasteiger partial charge < -0.3 is 0 Å². The Balaban J connectivity index is 2.28. The molecule has 2 nitrogen and oxygen atoms in total. The monoisotopic (exact) mass is 324 g/mol. The van der Waals surface area contributed by atoms with E-state index in [2.05, 4.69) is 25.9 Å². The van der Waals surface area contributed by atoms with E-state index in [0.29, 0.717) is 11.0 Å². The first-order valence-electron chi connectivity index (χ1n) is 4.89. The van der Waals surface area contributed by atoms with Crippen LogP contribution in [-0.2, 0) is 0 Å². The fourth-order valence-electron chi connectivity index (χ4n) is 1.58. The fraction of sp³-hybridized carbons (Fsp3) is 0. The Morgan fingerprint density at radius 2 is 2.06 bits per heavy atom. The summed E-state index contributed by atoms with van der Waals surface area (Å²) in [5, 5.41) is 5.35. The molecule has 0 saturated heterocycles. The van der Waals surface area contributed by atoms with Crippen LogP contribution in [0.1, 0.15) is 0 Å². The molecule has 2 heterocycles. The van der Waals surface area contributed by atoms with Crippen molar-refractivity contribution in [1.29, 1.82) is 0 Å². The van der Waals surface area contributed by atoms with Crippen molar-refractivity contribution < 1.29 is 0 Å². The van der Waals surface area contributed by atoms with Gasteiger partial charge in [-0.3, -0.25) is 0 Å². The molecule has 1 aromatic carbocycles. The van der Waals surface area contributed by atoms with Gasteiger partial charge in [-0.2, -0.15) is 11.3 Å². The summed E-state index contributed by atoms with van der Waals surface area (Å²) in [5.41, 5.74) is 1.86. The minimum absolute atomic E-state index is 0.484. The molecule has 3 aromatic rings. The van der Waals surface area contributed by atoms with Gasteiger partial charge in [-0.05, 0) is 29.6 Å². The molecule has 0 bridgehead atoms. The van der Waals surface area contributed by atoms with E-state index in [1.54, 1.807) is 11.3 Å². The summed E-state index contributed by atoms with van der Waals surface area (Å²) < 4.78 is 0.971. The average molecular weight is 326 g/mol. The lowest BCUT2D eigenvalue weighted by Crippen LogP contribution is -1.90. The Bertz CT molecular complexity index is 682. The Morgan fingerprint density at radius 1 is 1.18 bits per heavy atom. The number of thiophene rings is 1. The van der Waals surface area contributed by atoms with E-state index in [9.17, 15) is 0 Å². The first-order valence-corrected chi connectivity index (χ1v) is 7.01. The van der Waals surface area contributed by atoms with Crippen LogP contribution in [0.15, 0.2) is 39.5 Å². The molecule has 0 amide bonds. The van der Waals surface area contributed by atoms with Crippen LogP contribution in [0, 0.1) is 0 Å². The molecule has 0 fully saturated rings. The zero-order valence-electron chi connectivity index (χ0n) is 8.52. The van der Waals surface area contributed by atoms with Crippen molar-refractivity contribution in [3.05, 3.63) is 44.7 Å². The number of fused-ring (bicyclic) bond motifs is 1. The molecule has 0 atom stereocenters. The van der Waals surface area contributed by atoms with E-state index < -0.39 is 0 Å². The normalized spacial score (nSPS) is 10.9. The Morgan fingerprint density at radius 3 is 2.82 bits per heavy atom. The maximum atomic E-state index is 6.18. The van der Waals surface area contributed by atoms with Gasteiger partial charge in [0.25, 0.3) is 0 Å². The van der Waals surface area contributed by atoms with Gasteiger partial charge in [-0.25, -0.2) is 9.97 Å². The second-order valence-corrected chi connectivity index (χ2v) is 5.57.